The summed E-state index contributed by atoms with van der Waals surface area (Å²) in [6, 6.07) is 0. The Hall–Kier alpha value is -1.06. The second kappa shape index (κ2) is 7.30. The van der Waals surface area contributed by atoms with E-state index >= 15 is 0 Å². The van der Waals surface area contributed by atoms with Gasteiger partial charge in [0.15, 0.2) is 5.41 Å². The Bertz CT molecular complexity index is 256. The average molecular weight is 244 g/mol. The summed E-state index contributed by atoms with van der Waals surface area (Å²) in [5.74, 6) is -1.69. The highest BCUT2D eigenvalue weighted by atomic mass is 16.5. The topological polar surface area (TPSA) is 63.6 Å². The van der Waals surface area contributed by atoms with Crippen molar-refractivity contribution in [2.75, 3.05) is 0 Å². The van der Waals surface area contributed by atoms with Crippen molar-refractivity contribution >= 4 is 11.9 Å². The van der Waals surface area contributed by atoms with Gasteiger partial charge >= 0.3 is 11.9 Å². The Labute approximate surface area is 103 Å². The van der Waals surface area contributed by atoms with Crippen molar-refractivity contribution in [1.82, 2.24) is 0 Å². The first-order valence-electron chi connectivity index (χ1n) is 6.39. The van der Waals surface area contributed by atoms with Gasteiger partial charge in [-0.15, -0.1) is 0 Å². The van der Waals surface area contributed by atoms with Crippen LogP contribution in [0.15, 0.2) is 0 Å². The van der Waals surface area contributed by atoms with Crippen LogP contribution < -0.4 is 0 Å². The van der Waals surface area contributed by atoms with E-state index in [0.29, 0.717) is 0 Å². The molecule has 4 nitrogen and oxygen atoms in total. The van der Waals surface area contributed by atoms with Crippen LogP contribution in [-0.2, 0) is 14.3 Å². The maximum absolute atomic E-state index is 11.9. The summed E-state index contributed by atoms with van der Waals surface area (Å²) in [6.07, 6.45) is 3.11. The smallest absolute Gasteiger partial charge is 0.323 e. The highest BCUT2D eigenvalue weighted by Gasteiger charge is 2.44. The summed E-state index contributed by atoms with van der Waals surface area (Å²) in [4.78, 5) is 23.2. The van der Waals surface area contributed by atoms with Crippen molar-refractivity contribution in [3.8, 4) is 0 Å². The van der Waals surface area contributed by atoms with Gasteiger partial charge in [-0.2, -0.15) is 0 Å². The predicted molar refractivity (Wildman–Crippen MR) is 65.7 cm³/mol. The predicted octanol–water partition coefficient (Wildman–Crippen LogP) is 3.00. The van der Waals surface area contributed by atoms with Gasteiger partial charge in [0.2, 0.25) is 0 Å². The first-order valence-corrected chi connectivity index (χ1v) is 6.39. The second-order valence-corrected chi connectivity index (χ2v) is 4.45. The van der Waals surface area contributed by atoms with Gasteiger partial charge in [-0.05, 0) is 26.2 Å². The number of esters is 1. The van der Waals surface area contributed by atoms with Crippen LogP contribution >= 0.6 is 0 Å². The molecule has 0 aromatic rings. The van der Waals surface area contributed by atoms with Crippen LogP contribution in [0, 0.1) is 5.41 Å². The number of aliphatic carboxylic acids is 1. The highest BCUT2D eigenvalue weighted by molar-refractivity contribution is 5.99. The van der Waals surface area contributed by atoms with Crippen molar-refractivity contribution in [2.24, 2.45) is 5.41 Å². The molecule has 0 bridgehead atoms. The van der Waals surface area contributed by atoms with E-state index in [1.807, 2.05) is 6.92 Å². The number of carbonyl (C=O) groups excluding carboxylic acids is 1. The Kier molecular flexibility index (Phi) is 6.85. The molecule has 17 heavy (non-hydrogen) atoms. The zero-order valence-corrected chi connectivity index (χ0v) is 11.3. The van der Waals surface area contributed by atoms with Gasteiger partial charge in [-0.1, -0.05) is 33.6 Å². The number of ether oxygens (including phenoxy) is 1. The zero-order chi connectivity index (χ0) is 13.5. The number of hydrogen-bond donors (Lipinski definition) is 1. The van der Waals surface area contributed by atoms with Gasteiger partial charge in [-0.3, -0.25) is 9.59 Å². The molecule has 0 aliphatic heterocycles. The lowest BCUT2D eigenvalue weighted by Gasteiger charge is -2.26. The molecule has 0 rings (SSSR count). The number of carbonyl (C=O) groups is 2. The van der Waals surface area contributed by atoms with E-state index < -0.39 is 17.4 Å². The van der Waals surface area contributed by atoms with Gasteiger partial charge in [0.25, 0.3) is 0 Å². The number of carboxylic acid groups (broad SMARTS) is 1. The monoisotopic (exact) mass is 244 g/mol. The normalized spacial score (nSPS) is 13.2. The lowest BCUT2D eigenvalue weighted by Crippen LogP contribution is -2.41. The molecular formula is C13H24O4. The molecule has 0 unspecified atom stereocenters. The molecule has 0 fully saturated rings. The maximum Gasteiger partial charge on any atom is 0.323 e. The van der Waals surface area contributed by atoms with Crippen molar-refractivity contribution < 1.29 is 19.4 Å². The first kappa shape index (κ1) is 15.9. The Morgan fingerprint density at radius 3 is 2.12 bits per heavy atom. The van der Waals surface area contributed by atoms with Gasteiger partial charge in [0, 0.05) is 0 Å². The summed E-state index contributed by atoms with van der Waals surface area (Å²) in [7, 11) is 0. The van der Waals surface area contributed by atoms with Crippen LogP contribution in [0.25, 0.3) is 0 Å². The first-order chi connectivity index (χ1) is 7.94. The molecule has 100 valence electrons. The Morgan fingerprint density at radius 1 is 1.24 bits per heavy atom. The third-order valence-corrected chi connectivity index (χ3v) is 3.28. The van der Waals surface area contributed by atoms with E-state index in [2.05, 4.69) is 6.92 Å². The summed E-state index contributed by atoms with van der Waals surface area (Å²) in [5.41, 5.74) is -1.37. The van der Waals surface area contributed by atoms with E-state index in [-0.39, 0.29) is 18.9 Å². The van der Waals surface area contributed by atoms with Crippen LogP contribution in [0.2, 0.25) is 0 Å². The zero-order valence-electron chi connectivity index (χ0n) is 11.3. The van der Waals surface area contributed by atoms with Crippen LogP contribution in [0.1, 0.15) is 59.8 Å². The van der Waals surface area contributed by atoms with E-state index in [0.717, 1.165) is 19.3 Å². The summed E-state index contributed by atoms with van der Waals surface area (Å²) in [6.45, 7) is 7.28. The van der Waals surface area contributed by atoms with Crippen molar-refractivity contribution in [2.45, 2.75) is 65.9 Å². The molecule has 0 saturated heterocycles. The van der Waals surface area contributed by atoms with Crippen molar-refractivity contribution in [3.05, 3.63) is 0 Å². The SMILES string of the molecule is CCCC[C@@H](C)OC(=O)C(CC)(CC)C(=O)O. The standard InChI is InChI=1S/C13H24O4/c1-5-8-9-10(4)17-12(16)13(6-2,7-3)11(14)15/h10H,5-9H2,1-4H3,(H,14,15)/t10-/m1/s1. The molecule has 0 spiro atoms. The molecule has 0 amide bonds. The summed E-state index contributed by atoms with van der Waals surface area (Å²) >= 11 is 0. The average Bonchev–Trinajstić information content (AvgIpc) is 2.28. The third kappa shape index (κ3) is 4.02. The lowest BCUT2D eigenvalue weighted by molar-refractivity contribution is -0.173. The molecule has 0 heterocycles. The fourth-order valence-electron chi connectivity index (χ4n) is 1.77. The molecule has 0 saturated carbocycles. The Morgan fingerprint density at radius 2 is 1.76 bits per heavy atom. The molecule has 0 aliphatic carbocycles. The third-order valence-electron chi connectivity index (χ3n) is 3.28. The van der Waals surface area contributed by atoms with Gasteiger partial charge in [0.1, 0.15) is 0 Å². The van der Waals surface area contributed by atoms with Crippen LogP contribution in [-0.4, -0.2) is 23.1 Å². The quantitative estimate of drug-likeness (QED) is 0.526. The van der Waals surface area contributed by atoms with Crippen LogP contribution in [0.3, 0.4) is 0 Å². The molecule has 1 N–H and O–H groups in total. The molecule has 0 aromatic carbocycles. The fraction of sp³-hybridized carbons (Fsp3) is 0.846. The van der Waals surface area contributed by atoms with Crippen molar-refractivity contribution in [1.29, 1.82) is 0 Å². The molecule has 0 radical (unpaired) electrons. The van der Waals surface area contributed by atoms with E-state index in [4.69, 9.17) is 4.74 Å². The molecule has 1 atom stereocenters. The molecular weight excluding hydrogens is 220 g/mol. The van der Waals surface area contributed by atoms with Gasteiger partial charge < -0.3 is 9.84 Å². The van der Waals surface area contributed by atoms with Crippen LogP contribution in [0.5, 0.6) is 0 Å². The molecule has 0 aliphatic rings. The summed E-state index contributed by atoms with van der Waals surface area (Å²) in [5, 5.41) is 9.18. The minimum absolute atomic E-state index is 0.209. The second-order valence-electron chi connectivity index (χ2n) is 4.45. The van der Waals surface area contributed by atoms with E-state index in [9.17, 15) is 14.7 Å². The minimum Gasteiger partial charge on any atom is -0.480 e. The molecule has 4 heteroatoms. The minimum atomic E-state index is -1.37. The number of carboxylic acids is 1. The summed E-state index contributed by atoms with van der Waals surface area (Å²) < 4.78 is 5.24. The molecule has 0 aromatic heterocycles. The van der Waals surface area contributed by atoms with Crippen molar-refractivity contribution in [3.63, 3.8) is 0 Å². The van der Waals surface area contributed by atoms with Gasteiger partial charge in [-0.25, -0.2) is 0 Å². The number of rotatable bonds is 8. The van der Waals surface area contributed by atoms with E-state index in [1.165, 1.54) is 0 Å². The lowest BCUT2D eigenvalue weighted by atomic mass is 9.82. The van der Waals surface area contributed by atoms with E-state index in [1.54, 1.807) is 13.8 Å². The maximum atomic E-state index is 11.9. The Balaban J connectivity index is 4.59. The van der Waals surface area contributed by atoms with Gasteiger partial charge in [0.05, 0.1) is 6.10 Å². The number of hydrogen-bond acceptors (Lipinski definition) is 3. The number of unbranched alkanes of at least 4 members (excludes halogenated alkanes) is 1. The largest absolute Gasteiger partial charge is 0.480 e. The highest BCUT2D eigenvalue weighted by Crippen LogP contribution is 2.29. The van der Waals surface area contributed by atoms with Crippen LogP contribution in [0.4, 0.5) is 0 Å². The fourth-order valence-corrected chi connectivity index (χ4v) is 1.77.